The molecular weight excluding hydrogens is 212 g/mol. The van der Waals surface area contributed by atoms with Crippen LogP contribution in [0.3, 0.4) is 0 Å². The van der Waals surface area contributed by atoms with Gasteiger partial charge in [-0.15, -0.1) is 0 Å². The number of piperidine rings is 1. The summed E-state index contributed by atoms with van der Waals surface area (Å²) in [7, 11) is 1.97. The summed E-state index contributed by atoms with van der Waals surface area (Å²) >= 11 is 0. The molecule has 0 radical (unpaired) electrons. The maximum absolute atomic E-state index is 5.97. The summed E-state index contributed by atoms with van der Waals surface area (Å²) in [6.45, 7) is 7.42. The minimum Gasteiger partial charge on any atom is -0.329 e. The first-order valence-electron chi connectivity index (χ1n) is 6.56. The van der Waals surface area contributed by atoms with Crippen molar-refractivity contribution in [1.82, 2.24) is 14.7 Å². The Bertz CT molecular complexity index is 363. The zero-order valence-corrected chi connectivity index (χ0v) is 11.2. The molecule has 17 heavy (non-hydrogen) atoms. The predicted molar refractivity (Wildman–Crippen MR) is 69.7 cm³/mol. The highest BCUT2D eigenvalue weighted by atomic mass is 15.3. The molecule has 1 aliphatic heterocycles. The normalized spacial score (nSPS) is 20.7. The van der Waals surface area contributed by atoms with Gasteiger partial charge < -0.3 is 5.73 Å². The molecule has 2 N–H and O–H groups in total. The quantitative estimate of drug-likeness (QED) is 0.864. The van der Waals surface area contributed by atoms with Gasteiger partial charge in [-0.05, 0) is 38.8 Å². The monoisotopic (exact) mass is 236 g/mol. The minimum absolute atomic E-state index is 0.344. The summed E-state index contributed by atoms with van der Waals surface area (Å²) in [5, 5.41) is 4.42. The van der Waals surface area contributed by atoms with E-state index in [-0.39, 0.29) is 0 Å². The third-order valence-corrected chi connectivity index (χ3v) is 3.89. The van der Waals surface area contributed by atoms with Crippen LogP contribution in [0.1, 0.15) is 37.1 Å². The molecular formula is C13H24N4. The van der Waals surface area contributed by atoms with E-state index in [9.17, 15) is 0 Å². The zero-order valence-electron chi connectivity index (χ0n) is 11.2. The number of aromatic nitrogens is 2. The van der Waals surface area contributed by atoms with Crippen LogP contribution in [-0.2, 0) is 7.05 Å². The number of hydrogen-bond acceptors (Lipinski definition) is 3. The fourth-order valence-electron chi connectivity index (χ4n) is 2.76. The van der Waals surface area contributed by atoms with Gasteiger partial charge in [0.15, 0.2) is 0 Å². The second kappa shape index (κ2) is 5.19. The molecule has 1 fully saturated rings. The Kier molecular flexibility index (Phi) is 3.84. The van der Waals surface area contributed by atoms with E-state index >= 15 is 0 Å². The summed E-state index contributed by atoms with van der Waals surface area (Å²) < 4.78 is 1.89. The highest BCUT2D eigenvalue weighted by molar-refractivity contribution is 5.20. The highest BCUT2D eigenvalue weighted by Gasteiger charge is 2.25. The van der Waals surface area contributed by atoms with E-state index in [0.717, 1.165) is 24.7 Å². The molecule has 4 heteroatoms. The van der Waals surface area contributed by atoms with Gasteiger partial charge in [0, 0.05) is 25.4 Å². The van der Waals surface area contributed by atoms with Crippen molar-refractivity contribution in [3.8, 4) is 0 Å². The van der Waals surface area contributed by atoms with E-state index in [2.05, 4.69) is 30.0 Å². The van der Waals surface area contributed by atoms with Crippen LogP contribution in [0.25, 0.3) is 0 Å². The lowest BCUT2D eigenvalue weighted by Gasteiger charge is -2.36. The van der Waals surface area contributed by atoms with Gasteiger partial charge in [0.1, 0.15) is 0 Å². The van der Waals surface area contributed by atoms with Crippen LogP contribution in [-0.4, -0.2) is 34.3 Å². The fourth-order valence-corrected chi connectivity index (χ4v) is 2.76. The third-order valence-electron chi connectivity index (χ3n) is 3.89. The van der Waals surface area contributed by atoms with Crippen molar-refractivity contribution in [3.63, 3.8) is 0 Å². The van der Waals surface area contributed by atoms with E-state index in [1.807, 2.05) is 11.7 Å². The molecule has 0 bridgehead atoms. The lowest BCUT2D eigenvalue weighted by Crippen LogP contribution is -2.39. The van der Waals surface area contributed by atoms with Crippen molar-refractivity contribution in [2.75, 3.05) is 19.6 Å². The van der Waals surface area contributed by atoms with Gasteiger partial charge in [-0.25, -0.2) is 0 Å². The Morgan fingerprint density at radius 2 is 2.12 bits per heavy atom. The SMILES string of the molecule is Cc1nn(C)cc1C(CN)N1CCC(C)CC1. The van der Waals surface area contributed by atoms with Crippen molar-refractivity contribution in [3.05, 3.63) is 17.5 Å². The van der Waals surface area contributed by atoms with Crippen molar-refractivity contribution >= 4 is 0 Å². The summed E-state index contributed by atoms with van der Waals surface area (Å²) in [5.74, 6) is 0.861. The lowest BCUT2D eigenvalue weighted by molar-refractivity contribution is 0.141. The first-order valence-corrected chi connectivity index (χ1v) is 6.56. The fraction of sp³-hybridized carbons (Fsp3) is 0.769. The number of rotatable bonds is 3. The number of likely N-dealkylation sites (tertiary alicyclic amines) is 1. The van der Waals surface area contributed by atoms with Crippen molar-refractivity contribution < 1.29 is 0 Å². The van der Waals surface area contributed by atoms with Crippen molar-refractivity contribution in [2.24, 2.45) is 18.7 Å². The molecule has 96 valence electrons. The van der Waals surface area contributed by atoms with E-state index in [1.54, 1.807) is 0 Å². The molecule has 1 saturated heterocycles. The van der Waals surface area contributed by atoms with Crippen LogP contribution in [0.5, 0.6) is 0 Å². The van der Waals surface area contributed by atoms with Gasteiger partial charge in [-0.1, -0.05) is 6.92 Å². The Hall–Kier alpha value is -0.870. The van der Waals surface area contributed by atoms with E-state index < -0.39 is 0 Å². The second-order valence-electron chi connectivity index (χ2n) is 5.31. The molecule has 0 amide bonds. The summed E-state index contributed by atoms with van der Waals surface area (Å²) in [6, 6.07) is 0.344. The number of nitrogens with two attached hydrogens (primary N) is 1. The Labute approximate surface area is 104 Å². The number of nitrogens with zero attached hydrogens (tertiary/aromatic N) is 3. The van der Waals surface area contributed by atoms with E-state index in [4.69, 9.17) is 5.73 Å². The molecule has 1 atom stereocenters. The number of aryl methyl sites for hydroxylation is 2. The molecule has 1 aromatic rings. The van der Waals surface area contributed by atoms with Crippen LogP contribution >= 0.6 is 0 Å². The molecule has 0 spiro atoms. The Morgan fingerprint density at radius 3 is 2.59 bits per heavy atom. The maximum atomic E-state index is 5.97. The second-order valence-corrected chi connectivity index (χ2v) is 5.31. The van der Waals surface area contributed by atoms with E-state index in [0.29, 0.717) is 12.6 Å². The van der Waals surface area contributed by atoms with Gasteiger partial charge in [0.2, 0.25) is 0 Å². The maximum Gasteiger partial charge on any atom is 0.0641 e. The Morgan fingerprint density at radius 1 is 1.47 bits per heavy atom. The van der Waals surface area contributed by atoms with Gasteiger partial charge in [0.05, 0.1) is 11.7 Å². The summed E-state index contributed by atoms with van der Waals surface area (Å²) in [5.41, 5.74) is 8.38. The van der Waals surface area contributed by atoms with Crippen LogP contribution in [0, 0.1) is 12.8 Å². The third kappa shape index (κ3) is 2.69. The molecule has 0 aromatic carbocycles. The van der Waals surface area contributed by atoms with Gasteiger partial charge in [0.25, 0.3) is 0 Å². The minimum atomic E-state index is 0.344. The van der Waals surface area contributed by atoms with Gasteiger partial charge in [-0.2, -0.15) is 5.10 Å². The van der Waals surface area contributed by atoms with Gasteiger partial charge in [-0.3, -0.25) is 9.58 Å². The average molecular weight is 236 g/mol. The first-order chi connectivity index (χ1) is 8.11. The smallest absolute Gasteiger partial charge is 0.0641 e. The van der Waals surface area contributed by atoms with Crippen LogP contribution in [0.4, 0.5) is 0 Å². The lowest BCUT2D eigenvalue weighted by atomic mass is 9.96. The van der Waals surface area contributed by atoms with Gasteiger partial charge >= 0.3 is 0 Å². The molecule has 2 heterocycles. The molecule has 4 nitrogen and oxygen atoms in total. The highest BCUT2D eigenvalue weighted by Crippen LogP contribution is 2.27. The zero-order chi connectivity index (χ0) is 12.4. The average Bonchev–Trinajstić information content (AvgIpc) is 2.62. The summed E-state index contributed by atoms with van der Waals surface area (Å²) in [6.07, 6.45) is 4.69. The van der Waals surface area contributed by atoms with Crippen molar-refractivity contribution in [2.45, 2.75) is 32.7 Å². The Balaban J connectivity index is 2.13. The van der Waals surface area contributed by atoms with Crippen LogP contribution < -0.4 is 5.73 Å². The molecule has 1 aromatic heterocycles. The molecule has 2 rings (SSSR count). The summed E-state index contributed by atoms with van der Waals surface area (Å²) in [4.78, 5) is 2.52. The first kappa shape index (κ1) is 12.6. The molecule has 1 unspecified atom stereocenters. The predicted octanol–water partition coefficient (Wildman–Crippen LogP) is 1.46. The van der Waals surface area contributed by atoms with E-state index in [1.165, 1.54) is 18.4 Å². The number of hydrogen-bond donors (Lipinski definition) is 1. The molecule has 0 aliphatic carbocycles. The van der Waals surface area contributed by atoms with Crippen LogP contribution in [0.15, 0.2) is 6.20 Å². The standard InChI is InChI=1S/C13H24N4/c1-10-4-6-17(7-5-10)13(8-14)12-9-16(3)15-11(12)2/h9-10,13H,4-8,14H2,1-3H3. The largest absolute Gasteiger partial charge is 0.329 e. The molecule has 0 saturated carbocycles. The topological polar surface area (TPSA) is 47.1 Å². The van der Waals surface area contributed by atoms with Crippen molar-refractivity contribution in [1.29, 1.82) is 0 Å². The molecule has 1 aliphatic rings. The van der Waals surface area contributed by atoms with Crippen LogP contribution in [0.2, 0.25) is 0 Å².